The summed E-state index contributed by atoms with van der Waals surface area (Å²) in [5, 5.41) is 0. The van der Waals surface area contributed by atoms with Crippen LogP contribution in [-0.4, -0.2) is 35.7 Å². The van der Waals surface area contributed by atoms with E-state index in [-0.39, 0.29) is 22.4 Å². The quantitative estimate of drug-likeness (QED) is 0.145. The van der Waals surface area contributed by atoms with Crippen molar-refractivity contribution < 1.29 is 28.7 Å². The molecule has 0 bridgehead atoms. The van der Waals surface area contributed by atoms with E-state index in [1.165, 1.54) is 13.8 Å². The van der Waals surface area contributed by atoms with E-state index in [1.807, 2.05) is 116 Å². The highest BCUT2D eigenvalue weighted by atomic mass is 16.5. The maximum Gasteiger partial charge on any atom is 0.303 e. The van der Waals surface area contributed by atoms with E-state index in [1.54, 1.807) is 13.8 Å². The molecule has 0 aromatic carbocycles. The van der Waals surface area contributed by atoms with Crippen molar-refractivity contribution >= 4 is 23.5 Å². The Kier molecular flexibility index (Phi) is 15.0. The van der Waals surface area contributed by atoms with Crippen molar-refractivity contribution in [3.8, 4) is 23.7 Å². The second kappa shape index (κ2) is 18.2. The van der Waals surface area contributed by atoms with Gasteiger partial charge in [0.15, 0.2) is 23.8 Å². The normalized spacial score (nSPS) is 21.8. The first-order chi connectivity index (χ1) is 23.2. The van der Waals surface area contributed by atoms with Gasteiger partial charge in [0.2, 0.25) is 0 Å². The topological polar surface area (TPSA) is 86.7 Å². The number of Topliss-reactive ketones (excluding diaryl/α,β-unsaturated/α-hetero) is 2. The van der Waals surface area contributed by atoms with Crippen LogP contribution in [0.25, 0.3) is 0 Å². The van der Waals surface area contributed by atoms with Crippen LogP contribution in [-0.2, 0) is 28.7 Å². The highest BCUT2D eigenvalue weighted by Gasteiger charge is 2.41. The molecule has 0 heterocycles. The smallest absolute Gasteiger partial charge is 0.303 e. The van der Waals surface area contributed by atoms with Gasteiger partial charge >= 0.3 is 11.9 Å². The average molecular weight is 677 g/mol. The van der Waals surface area contributed by atoms with Crippen molar-refractivity contribution in [1.29, 1.82) is 0 Å². The lowest BCUT2D eigenvalue weighted by atomic mass is 9.71. The molecule has 0 spiro atoms. The average Bonchev–Trinajstić information content (AvgIpc) is 2.99. The van der Waals surface area contributed by atoms with Gasteiger partial charge in [-0.05, 0) is 52.7 Å². The van der Waals surface area contributed by atoms with Gasteiger partial charge in [-0.3, -0.25) is 19.2 Å². The second-order valence-electron chi connectivity index (χ2n) is 14.2. The Morgan fingerprint density at radius 1 is 0.600 bits per heavy atom. The molecule has 2 aliphatic carbocycles. The zero-order valence-corrected chi connectivity index (χ0v) is 31.8. The summed E-state index contributed by atoms with van der Waals surface area (Å²) in [6, 6.07) is 0. The van der Waals surface area contributed by atoms with Gasteiger partial charge in [-0.1, -0.05) is 123 Å². The Labute approximate surface area is 299 Å². The Morgan fingerprint density at radius 2 is 0.940 bits per heavy atom. The largest absolute Gasteiger partial charge is 0.454 e. The minimum atomic E-state index is -0.755. The zero-order chi connectivity index (χ0) is 37.8. The first kappa shape index (κ1) is 41.2. The minimum absolute atomic E-state index is 0.181. The fourth-order valence-corrected chi connectivity index (χ4v) is 5.80. The van der Waals surface area contributed by atoms with Crippen molar-refractivity contribution in [3.63, 3.8) is 0 Å². The number of ketones is 2. The maximum absolute atomic E-state index is 12.7. The molecule has 2 aliphatic rings. The van der Waals surface area contributed by atoms with Crippen LogP contribution in [0.5, 0.6) is 0 Å². The van der Waals surface area contributed by atoms with Gasteiger partial charge in [0.25, 0.3) is 0 Å². The first-order valence-electron chi connectivity index (χ1n) is 16.9. The van der Waals surface area contributed by atoms with Gasteiger partial charge in [-0.25, -0.2) is 0 Å². The fraction of sp³-hybridized carbons (Fsp3) is 0.409. The van der Waals surface area contributed by atoms with Gasteiger partial charge < -0.3 is 9.47 Å². The first-order valence-corrected chi connectivity index (χ1v) is 16.9. The molecule has 6 heteroatoms. The number of esters is 2. The Morgan fingerprint density at radius 3 is 1.26 bits per heavy atom. The van der Waals surface area contributed by atoms with Crippen LogP contribution in [0.1, 0.15) is 95.9 Å². The van der Waals surface area contributed by atoms with Crippen LogP contribution in [0.4, 0.5) is 0 Å². The summed E-state index contributed by atoms with van der Waals surface area (Å²) in [5.74, 6) is 11.5. The molecule has 0 unspecified atom stereocenters. The number of hydrogen-bond donors (Lipinski definition) is 0. The SMILES string of the molecule is CC(=O)O[C@H]1CC(C)(C)C(C#C\C(C)=C/C=C/C(C)=C/C=C/C=C(C)/C=C/C=C(/C)C#CC2=C(C)C(=O)[C@@H](OC(C)=O)CC2(C)C)=C(C)C1=O. The molecule has 0 radical (unpaired) electrons. The molecule has 2 atom stereocenters. The van der Waals surface area contributed by atoms with Crippen LogP contribution in [0, 0.1) is 34.5 Å². The molecule has 0 fully saturated rings. The molecule has 264 valence electrons. The molecule has 0 aromatic rings. The molecule has 0 N–H and O–H groups in total. The van der Waals surface area contributed by atoms with Crippen LogP contribution < -0.4 is 0 Å². The lowest BCUT2D eigenvalue weighted by Crippen LogP contribution is -2.38. The minimum Gasteiger partial charge on any atom is -0.454 e. The predicted octanol–water partition coefficient (Wildman–Crippen LogP) is 8.94. The molecule has 2 rings (SSSR count). The summed E-state index contributed by atoms with van der Waals surface area (Å²) >= 11 is 0. The van der Waals surface area contributed by atoms with E-state index in [0.29, 0.717) is 24.0 Å². The molecule has 0 amide bonds. The highest BCUT2D eigenvalue weighted by molar-refractivity contribution is 6.02. The van der Waals surface area contributed by atoms with Gasteiger partial charge in [0.05, 0.1) is 0 Å². The number of carbonyl (C=O) groups is 4. The van der Waals surface area contributed by atoms with Crippen LogP contribution in [0.3, 0.4) is 0 Å². The third kappa shape index (κ3) is 12.5. The van der Waals surface area contributed by atoms with E-state index >= 15 is 0 Å². The lowest BCUT2D eigenvalue weighted by molar-refractivity contribution is -0.154. The van der Waals surface area contributed by atoms with Crippen molar-refractivity contribution in [2.45, 2.75) is 108 Å². The molecule has 50 heavy (non-hydrogen) atoms. The summed E-state index contributed by atoms with van der Waals surface area (Å²) in [4.78, 5) is 48.3. The van der Waals surface area contributed by atoms with Gasteiger partial charge in [0, 0.05) is 59.8 Å². The molecule has 0 aromatic heterocycles. The number of carbonyl (C=O) groups excluding carboxylic acids is 4. The third-order valence-corrected chi connectivity index (χ3v) is 8.44. The lowest BCUT2D eigenvalue weighted by Gasteiger charge is -2.35. The van der Waals surface area contributed by atoms with Gasteiger partial charge in [0.1, 0.15) is 0 Å². The van der Waals surface area contributed by atoms with Crippen molar-refractivity contribution in [2.75, 3.05) is 0 Å². The Balaban J connectivity index is 2.01. The number of ether oxygens (including phenoxy) is 2. The predicted molar refractivity (Wildman–Crippen MR) is 201 cm³/mol. The van der Waals surface area contributed by atoms with E-state index < -0.39 is 24.1 Å². The third-order valence-electron chi connectivity index (χ3n) is 8.44. The molecular formula is C44H52O6. The van der Waals surface area contributed by atoms with Gasteiger partial charge in [-0.2, -0.15) is 0 Å². The van der Waals surface area contributed by atoms with Crippen molar-refractivity contribution in [1.82, 2.24) is 0 Å². The summed E-state index contributed by atoms with van der Waals surface area (Å²) in [5.41, 5.74) is 5.78. The summed E-state index contributed by atoms with van der Waals surface area (Å²) < 4.78 is 10.5. The monoisotopic (exact) mass is 676 g/mol. The molecule has 6 nitrogen and oxygen atoms in total. The molecule has 0 saturated heterocycles. The Bertz CT molecular complexity index is 1670. The zero-order valence-electron chi connectivity index (χ0n) is 31.8. The molecule has 0 aliphatic heterocycles. The molecule has 0 saturated carbocycles. The van der Waals surface area contributed by atoms with E-state index in [9.17, 15) is 19.2 Å². The number of rotatable bonds is 8. The Hall–Kier alpha value is -4.94. The van der Waals surface area contributed by atoms with E-state index in [0.717, 1.165) is 33.4 Å². The number of hydrogen-bond acceptors (Lipinski definition) is 6. The van der Waals surface area contributed by atoms with Crippen LogP contribution >= 0.6 is 0 Å². The summed E-state index contributed by atoms with van der Waals surface area (Å²) in [7, 11) is 0. The fourth-order valence-electron chi connectivity index (χ4n) is 5.80. The maximum atomic E-state index is 12.7. The van der Waals surface area contributed by atoms with Crippen molar-refractivity contribution in [3.05, 3.63) is 105 Å². The molecular weight excluding hydrogens is 624 g/mol. The van der Waals surface area contributed by atoms with E-state index in [2.05, 4.69) is 23.7 Å². The summed E-state index contributed by atoms with van der Waals surface area (Å²) in [6.07, 6.45) is 19.1. The van der Waals surface area contributed by atoms with E-state index in [4.69, 9.17) is 9.47 Å². The second-order valence-corrected chi connectivity index (χ2v) is 14.2. The highest BCUT2D eigenvalue weighted by Crippen LogP contribution is 2.40. The standard InChI is InChI=1S/C44H52O6/c1-29(19-15-21-31(3)23-25-37-33(5)41(47)39(49-35(7)45)27-43(37,9)10)17-13-14-18-30(2)20-16-22-32(4)24-26-38-34(6)42(48)40(50-36(8)46)28-44(38,11)12/h13-22,39-40H,27-28H2,1-12H3/b14-13+,19-15+,20-16+,29-17+,30-18+,31-21-,32-22-/t39-,40-/m0/s1. The van der Waals surface area contributed by atoms with Crippen LogP contribution in [0.15, 0.2) is 105 Å². The number of allylic oxidation sites excluding steroid dienone is 16. The summed E-state index contributed by atoms with van der Waals surface area (Å²) in [6.45, 7) is 22.1. The van der Waals surface area contributed by atoms with Crippen molar-refractivity contribution in [2.24, 2.45) is 10.8 Å². The van der Waals surface area contributed by atoms with Crippen LogP contribution in [0.2, 0.25) is 0 Å². The van der Waals surface area contributed by atoms with Gasteiger partial charge in [-0.15, -0.1) is 0 Å².